The number of aliphatic carboxylic acids is 1. The summed E-state index contributed by atoms with van der Waals surface area (Å²) in [5.41, 5.74) is 0. The molecular weight excluding hydrogens is 646 g/mol. The molecular formula is C25H35N3O17S. The number of ether oxygens (including phenoxy) is 3. The minimum atomic E-state index is -1.13. The topological polar surface area (TPSA) is 276 Å². The number of hydroxylamine groups is 4. The second kappa shape index (κ2) is 27.5. The molecule has 2 aliphatic rings. The summed E-state index contributed by atoms with van der Waals surface area (Å²) in [6, 6.07) is 0. The highest BCUT2D eigenvalue weighted by molar-refractivity contribution is 7.77. The second-order valence-corrected chi connectivity index (χ2v) is 7.83. The summed E-state index contributed by atoms with van der Waals surface area (Å²) < 4.78 is 18.8. The second-order valence-electron chi connectivity index (χ2n) is 7.65. The van der Waals surface area contributed by atoms with Crippen LogP contribution in [0.4, 0.5) is 0 Å². The highest BCUT2D eigenvalue weighted by Crippen LogP contribution is 2.12. The number of nitrogens with zero attached hydrogens (tertiary/aromatic N) is 2. The van der Waals surface area contributed by atoms with Crippen LogP contribution in [-0.2, 0) is 71.8 Å². The van der Waals surface area contributed by atoms with Crippen molar-refractivity contribution < 1.29 is 83.5 Å². The predicted octanol–water partition coefficient (Wildman–Crippen LogP) is -0.823. The number of esters is 3. The summed E-state index contributed by atoms with van der Waals surface area (Å²) in [6.07, 6.45) is 6.70. The van der Waals surface area contributed by atoms with Gasteiger partial charge < -0.3 is 29.0 Å². The van der Waals surface area contributed by atoms with Gasteiger partial charge in [-0.1, -0.05) is 38.5 Å². The Bertz CT molecular complexity index is 1130. The summed E-state index contributed by atoms with van der Waals surface area (Å²) in [6.45, 7) is 3.27. The fraction of sp³-hybridized carbons (Fsp3) is 0.520. The first-order valence-electron chi connectivity index (χ1n) is 13.3. The van der Waals surface area contributed by atoms with Crippen LogP contribution in [0, 0.1) is 12.8 Å². The minimum Gasteiger partial charge on any atom is -0.479 e. The average Bonchev–Trinajstić information content (AvgIpc) is 3.52. The Morgan fingerprint density at radius 2 is 1.09 bits per heavy atom. The van der Waals surface area contributed by atoms with Crippen LogP contribution in [-0.4, -0.2) is 99.7 Å². The van der Waals surface area contributed by atoms with Crippen molar-refractivity contribution >= 4 is 72.3 Å². The Kier molecular flexibility index (Phi) is 25.7. The highest BCUT2D eigenvalue weighted by Gasteiger charge is 2.33. The monoisotopic (exact) mass is 682 g/mol. The lowest BCUT2D eigenvalue weighted by molar-refractivity contribution is -0.200. The molecule has 2 aliphatic heterocycles. The summed E-state index contributed by atoms with van der Waals surface area (Å²) >= 11 is 3.39. The molecule has 0 aromatic carbocycles. The molecule has 0 unspecified atom stereocenters. The van der Waals surface area contributed by atoms with Crippen molar-refractivity contribution in [1.82, 2.24) is 15.0 Å². The molecule has 0 atom stereocenters. The van der Waals surface area contributed by atoms with Crippen LogP contribution >= 0.6 is 12.8 Å². The Hall–Kier alpha value is -5.07. The van der Waals surface area contributed by atoms with Gasteiger partial charge in [0, 0.05) is 44.9 Å². The molecule has 3 N–H and O–H groups in total. The van der Waals surface area contributed by atoms with Gasteiger partial charge >= 0.3 is 35.8 Å². The normalized spacial score (nSPS) is 12.8. The number of carboxylic acid groups (broad SMARTS) is 1. The van der Waals surface area contributed by atoms with Gasteiger partial charge in [-0.25, -0.2) is 14.4 Å². The molecule has 2 heterocycles. The Morgan fingerprint density at radius 1 is 0.739 bits per heavy atom. The van der Waals surface area contributed by atoms with Gasteiger partial charge in [0.25, 0.3) is 23.6 Å². The third-order valence-corrected chi connectivity index (χ3v) is 4.40. The molecule has 0 aromatic rings. The molecule has 258 valence electrons. The van der Waals surface area contributed by atoms with Crippen LogP contribution in [0.3, 0.4) is 0 Å². The maximum atomic E-state index is 11.1. The van der Waals surface area contributed by atoms with Crippen molar-refractivity contribution in [2.45, 2.75) is 65.7 Å². The SMILES string of the molecule is CCC(=O)OCC(=O)O.CCC(=O)OCC(=O)ON1C(=O)CCC1=O.CCC(=O)OCC(=O)ONS.O=C1CCC(=O)N1O.[2H]C#C. The first-order valence-corrected chi connectivity index (χ1v) is 13.2. The molecule has 0 aliphatic carbocycles. The molecule has 0 spiro atoms. The molecule has 0 radical (unpaired) electrons. The molecule has 0 saturated carbocycles. The minimum absolute atomic E-state index is 0.0286. The lowest BCUT2D eigenvalue weighted by atomic mass is 10.4. The molecule has 46 heavy (non-hydrogen) atoms. The third-order valence-electron chi connectivity index (χ3n) is 4.31. The van der Waals surface area contributed by atoms with E-state index in [0.717, 1.165) is 0 Å². The van der Waals surface area contributed by atoms with E-state index < -0.39 is 72.7 Å². The Labute approximate surface area is 269 Å². The van der Waals surface area contributed by atoms with Gasteiger partial charge in [-0.15, -0.1) is 17.9 Å². The van der Waals surface area contributed by atoms with E-state index in [0.29, 0.717) is 5.06 Å². The number of carboxylic acids is 1. The van der Waals surface area contributed by atoms with E-state index in [1.54, 1.807) is 20.8 Å². The fourth-order valence-corrected chi connectivity index (χ4v) is 2.26. The van der Waals surface area contributed by atoms with Crippen molar-refractivity contribution in [3.05, 3.63) is 0 Å². The predicted molar refractivity (Wildman–Crippen MR) is 150 cm³/mol. The van der Waals surface area contributed by atoms with Crippen LogP contribution in [0.5, 0.6) is 0 Å². The van der Waals surface area contributed by atoms with Crippen LogP contribution in [0.1, 0.15) is 67.1 Å². The number of terminal acetylenes is 1. The van der Waals surface area contributed by atoms with Crippen LogP contribution < -0.4 is 4.89 Å². The van der Waals surface area contributed by atoms with Crippen molar-refractivity contribution in [2.75, 3.05) is 19.8 Å². The highest BCUT2D eigenvalue weighted by atomic mass is 32.1. The number of hydrogen-bond donors (Lipinski definition) is 4. The van der Waals surface area contributed by atoms with E-state index >= 15 is 0 Å². The van der Waals surface area contributed by atoms with E-state index in [1.807, 2.05) is 4.89 Å². The standard InChI is InChI=1S/C9H11NO6.C5H9NO4S.C5H8O4.C4H5NO3.C2H2/c1-2-8(13)15-5-9(14)16-10-6(11)3-4-7(10)12;1-2-4(7)9-3-5(8)10-6-11;1-2-5(8)9-3-4(6)7;6-3-1-2-4(7)5(3)8;1-2/h2-5H2,1H3;6,11H,2-3H2,1H3;2-3H2,1H3,(H,6,7);8H,1-2H2;1-2H/i;;;;1D. The number of thiol groups is 1. The number of nitrogens with one attached hydrogen (secondary N) is 1. The number of carbonyl (C=O) groups excluding carboxylic acids is 9. The van der Waals surface area contributed by atoms with Crippen molar-refractivity contribution in [1.29, 1.82) is 0 Å². The van der Waals surface area contributed by atoms with Gasteiger partial charge in [0.2, 0.25) is 0 Å². The largest absolute Gasteiger partial charge is 0.479 e. The van der Waals surface area contributed by atoms with E-state index in [9.17, 15) is 47.9 Å². The number of hydrogen-bond acceptors (Lipinski definition) is 18. The molecule has 21 heteroatoms. The summed E-state index contributed by atoms with van der Waals surface area (Å²) in [4.78, 5) is 116. The number of imide groups is 2. The van der Waals surface area contributed by atoms with Crippen LogP contribution in [0.15, 0.2) is 0 Å². The molecule has 0 bridgehead atoms. The first-order chi connectivity index (χ1) is 22.0. The molecule has 20 nitrogen and oxygen atoms in total. The quantitative estimate of drug-likeness (QED) is 0.0394. The maximum Gasteiger partial charge on any atom is 0.370 e. The summed E-state index contributed by atoms with van der Waals surface area (Å²) in [5.74, 6) is -6.41. The zero-order valence-electron chi connectivity index (χ0n) is 26.0. The lowest BCUT2D eigenvalue weighted by Crippen LogP contribution is -2.33. The zero-order chi connectivity index (χ0) is 36.9. The lowest BCUT2D eigenvalue weighted by Gasteiger charge is -2.12. The zero-order valence-corrected chi connectivity index (χ0v) is 25.9. The molecule has 2 rings (SSSR count). The van der Waals surface area contributed by atoms with Crippen molar-refractivity contribution in [3.8, 4) is 12.8 Å². The van der Waals surface area contributed by atoms with Gasteiger partial charge in [-0.3, -0.25) is 38.8 Å². The number of carbonyl (C=O) groups is 10. The van der Waals surface area contributed by atoms with Crippen LogP contribution in [0.2, 0.25) is 0 Å². The maximum absolute atomic E-state index is 11.1. The van der Waals surface area contributed by atoms with Gasteiger partial charge in [0.15, 0.2) is 19.8 Å². The van der Waals surface area contributed by atoms with Gasteiger partial charge in [0.05, 0.1) is 0 Å². The van der Waals surface area contributed by atoms with Crippen molar-refractivity contribution in [3.63, 3.8) is 0 Å². The Morgan fingerprint density at radius 3 is 1.39 bits per heavy atom. The Balaban J connectivity index is -0.000000552. The van der Waals surface area contributed by atoms with Gasteiger partial charge in [-0.2, -0.15) is 5.06 Å². The smallest absolute Gasteiger partial charge is 0.370 e. The van der Waals surface area contributed by atoms with Gasteiger partial charge in [-0.05, 0) is 0 Å². The average molecular weight is 683 g/mol. The summed E-state index contributed by atoms with van der Waals surface area (Å²) in [7, 11) is 0. The van der Waals surface area contributed by atoms with Crippen LogP contribution in [0.25, 0.3) is 0 Å². The van der Waals surface area contributed by atoms with E-state index in [4.69, 9.17) is 11.7 Å². The molecule has 2 saturated heterocycles. The fourth-order valence-electron chi connectivity index (χ4n) is 2.16. The molecule has 0 aromatic heterocycles. The number of amides is 4. The summed E-state index contributed by atoms with van der Waals surface area (Å²) in [5, 5.41) is 17.0. The third kappa shape index (κ3) is 23.4. The van der Waals surface area contributed by atoms with Crippen molar-refractivity contribution in [2.24, 2.45) is 0 Å². The van der Waals surface area contributed by atoms with E-state index in [-0.39, 0.29) is 56.6 Å². The van der Waals surface area contributed by atoms with E-state index in [2.05, 4.69) is 43.1 Å². The molecule has 2 fully saturated rings. The number of rotatable bonds is 11. The first kappa shape index (κ1) is 43.1. The van der Waals surface area contributed by atoms with Gasteiger partial charge in [0.1, 0.15) is 1.37 Å². The van der Waals surface area contributed by atoms with E-state index in [1.165, 1.54) is 6.40 Å². The molecule has 4 amide bonds.